The number of fused-ring (bicyclic) bond motifs is 2. The first-order valence-electron chi connectivity index (χ1n) is 11.6. The first-order chi connectivity index (χ1) is 17.2. The number of hydrogen-bond donors (Lipinski definition) is 1. The summed E-state index contributed by atoms with van der Waals surface area (Å²) in [5, 5.41) is 1.18. The maximum absolute atomic E-state index is 14.5. The lowest BCUT2D eigenvalue weighted by Crippen LogP contribution is -2.39. The van der Waals surface area contributed by atoms with Crippen molar-refractivity contribution in [3.05, 3.63) is 82.2 Å². The number of benzene rings is 2. The summed E-state index contributed by atoms with van der Waals surface area (Å²) in [5.74, 6) is -0.237. The van der Waals surface area contributed by atoms with Gasteiger partial charge in [0.2, 0.25) is 5.82 Å². The van der Waals surface area contributed by atoms with Gasteiger partial charge in [0.15, 0.2) is 5.82 Å². The predicted octanol–water partition coefficient (Wildman–Crippen LogP) is 5.21. The quantitative estimate of drug-likeness (QED) is 0.425. The molecule has 4 aromatic rings. The van der Waals surface area contributed by atoms with Crippen LogP contribution in [0.25, 0.3) is 22.2 Å². The van der Waals surface area contributed by atoms with Crippen molar-refractivity contribution < 1.29 is 18.7 Å². The van der Waals surface area contributed by atoms with Gasteiger partial charge < -0.3 is 19.4 Å². The lowest BCUT2D eigenvalue weighted by Gasteiger charge is -2.31. The van der Waals surface area contributed by atoms with Gasteiger partial charge in [-0.1, -0.05) is 12.1 Å². The summed E-state index contributed by atoms with van der Waals surface area (Å²) in [7, 11) is 0. The lowest BCUT2D eigenvalue weighted by molar-refractivity contribution is 0.0224. The number of aromatic amines is 1. The molecular formula is C27H25FN4O4. The average molecular weight is 489 g/mol. The number of pyridine rings is 1. The van der Waals surface area contributed by atoms with Gasteiger partial charge in [-0.15, -0.1) is 0 Å². The summed E-state index contributed by atoms with van der Waals surface area (Å²) in [6.45, 7) is 6.52. The fraction of sp³-hybridized carbons (Fsp3) is 0.259. The van der Waals surface area contributed by atoms with E-state index in [9.17, 15) is 14.0 Å². The van der Waals surface area contributed by atoms with Gasteiger partial charge >= 0.3 is 6.09 Å². The molecule has 0 fully saturated rings. The Labute approximate surface area is 206 Å². The Hall–Kier alpha value is -4.27. The van der Waals surface area contributed by atoms with Crippen LogP contribution in [0.5, 0.6) is 11.6 Å². The molecule has 9 heteroatoms. The fourth-order valence-electron chi connectivity index (χ4n) is 4.08. The average Bonchev–Trinajstić information content (AvgIpc) is 2.84. The molecule has 0 radical (unpaired) electrons. The number of carbonyl (C=O) groups excluding carboxylic acids is 1. The third-order valence-corrected chi connectivity index (χ3v) is 5.80. The normalized spacial score (nSPS) is 13.4. The van der Waals surface area contributed by atoms with Gasteiger partial charge in [-0.2, -0.15) is 9.37 Å². The summed E-state index contributed by atoms with van der Waals surface area (Å²) >= 11 is 0. The molecule has 1 aliphatic rings. The topological polar surface area (TPSA) is 97.4 Å². The second-order valence-corrected chi connectivity index (χ2v) is 9.64. The number of H-pyrrole nitrogens is 1. The van der Waals surface area contributed by atoms with Gasteiger partial charge in [0.05, 0.1) is 6.20 Å². The summed E-state index contributed by atoms with van der Waals surface area (Å²) in [6.07, 6.45) is 2.94. The van der Waals surface area contributed by atoms with Crippen molar-refractivity contribution in [3.63, 3.8) is 0 Å². The number of hydrogen-bond acceptors (Lipinski definition) is 6. The molecule has 0 saturated heterocycles. The molecule has 0 atom stereocenters. The number of halogens is 1. The van der Waals surface area contributed by atoms with E-state index < -0.39 is 11.4 Å². The van der Waals surface area contributed by atoms with Crippen LogP contribution in [0, 0.1) is 5.82 Å². The van der Waals surface area contributed by atoms with Gasteiger partial charge in [0, 0.05) is 30.2 Å². The van der Waals surface area contributed by atoms with Crippen molar-refractivity contribution in [3.8, 4) is 23.0 Å². The van der Waals surface area contributed by atoms with Crippen LogP contribution in [0.4, 0.5) is 9.18 Å². The van der Waals surface area contributed by atoms with Crippen LogP contribution in [-0.2, 0) is 17.7 Å². The number of ether oxygens (including phenoxy) is 2. The summed E-state index contributed by atoms with van der Waals surface area (Å²) in [5.41, 5.74) is 2.04. The van der Waals surface area contributed by atoms with E-state index in [0.29, 0.717) is 41.9 Å². The van der Waals surface area contributed by atoms with E-state index in [4.69, 9.17) is 9.47 Å². The molecule has 184 valence electrons. The van der Waals surface area contributed by atoms with E-state index in [1.165, 1.54) is 0 Å². The van der Waals surface area contributed by atoms with Gasteiger partial charge in [-0.25, -0.2) is 9.78 Å². The van der Waals surface area contributed by atoms with Crippen LogP contribution in [0.1, 0.15) is 31.9 Å². The minimum absolute atomic E-state index is 0.210. The second kappa shape index (κ2) is 9.07. The highest BCUT2D eigenvalue weighted by Gasteiger charge is 2.26. The Morgan fingerprint density at radius 2 is 1.94 bits per heavy atom. The molecular weight excluding hydrogens is 463 g/mol. The molecule has 1 amide bonds. The van der Waals surface area contributed by atoms with Crippen LogP contribution in [-0.4, -0.2) is 38.1 Å². The van der Waals surface area contributed by atoms with Crippen molar-refractivity contribution in [2.24, 2.45) is 0 Å². The maximum Gasteiger partial charge on any atom is 0.410 e. The monoisotopic (exact) mass is 488 g/mol. The molecule has 0 saturated carbocycles. The van der Waals surface area contributed by atoms with Crippen LogP contribution in [0.15, 0.2) is 59.7 Å². The van der Waals surface area contributed by atoms with E-state index in [2.05, 4.69) is 15.0 Å². The Balaban J connectivity index is 1.37. The molecule has 2 aromatic heterocycles. The summed E-state index contributed by atoms with van der Waals surface area (Å²) in [6, 6.07) is 12.3. The fourth-order valence-corrected chi connectivity index (χ4v) is 4.08. The molecule has 0 bridgehead atoms. The number of nitrogens with zero attached hydrogens (tertiary/aromatic N) is 3. The number of carbonyl (C=O) groups is 1. The van der Waals surface area contributed by atoms with E-state index in [0.717, 1.165) is 22.9 Å². The molecule has 8 nitrogen and oxygen atoms in total. The van der Waals surface area contributed by atoms with E-state index in [-0.39, 0.29) is 17.5 Å². The van der Waals surface area contributed by atoms with Crippen LogP contribution >= 0.6 is 0 Å². The highest BCUT2D eigenvalue weighted by Crippen LogP contribution is 2.29. The molecule has 2 aromatic carbocycles. The third-order valence-electron chi connectivity index (χ3n) is 5.80. The van der Waals surface area contributed by atoms with Crippen molar-refractivity contribution in [2.75, 3.05) is 6.54 Å². The molecule has 5 rings (SSSR count). The van der Waals surface area contributed by atoms with Gasteiger partial charge in [0.1, 0.15) is 11.4 Å². The smallest absolute Gasteiger partial charge is 0.410 e. The highest BCUT2D eigenvalue weighted by molar-refractivity contribution is 5.82. The molecule has 0 aliphatic carbocycles. The Bertz CT molecular complexity index is 1530. The number of aromatic nitrogens is 3. The molecule has 3 heterocycles. The van der Waals surface area contributed by atoms with Gasteiger partial charge in [0.25, 0.3) is 11.4 Å². The minimum atomic E-state index is -0.698. The first-order valence-corrected chi connectivity index (χ1v) is 11.6. The summed E-state index contributed by atoms with van der Waals surface area (Å²) in [4.78, 5) is 37.1. The first kappa shape index (κ1) is 23.5. The van der Waals surface area contributed by atoms with Gasteiger partial charge in [-0.05, 0) is 74.0 Å². The zero-order valence-electron chi connectivity index (χ0n) is 20.2. The zero-order chi connectivity index (χ0) is 25.4. The number of rotatable bonds is 3. The van der Waals surface area contributed by atoms with Crippen molar-refractivity contribution in [2.45, 2.75) is 39.3 Å². The minimum Gasteiger partial charge on any atom is -0.444 e. The number of amides is 1. The van der Waals surface area contributed by atoms with E-state index >= 15 is 0 Å². The molecule has 0 unspecified atom stereocenters. The predicted molar refractivity (Wildman–Crippen MR) is 132 cm³/mol. The Kier molecular flexibility index (Phi) is 5.91. The van der Waals surface area contributed by atoms with E-state index in [1.54, 1.807) is 35.4 Å². The van der Waals surface area contributed by atoms with Crippen molar-refractivity contribution in [1.82, 2.24) is 19.9 Å². The van der Waals surface area contributed by atoms with Crippen molar-refractivity contribution >= 4 is 16.9 Å². The number of nitrogens with one attached hydrogen (secondary N) is 1. The Morgan fingerprint density at radius 3 is 2.75 bits per heavy atom. The van der Waals surface area contributed by atoms with Crippen LogP contribution in [0.3, 0.4) is 0 Å². The Morgan fingerprint density at radius 1 is 1.11 bits per heavy atom. The largest absolute Gasteiger partial charge is 0.444 e. The lowest BCUT2D eigenvalue weighted by atomic mass is 9.97. The maximum atomic E-state index is 14.5. The molecule has 36 heavy (non-hydrogen) atoms. The molecule has 1 N–H and O–H groups in total. The molecule has 0 spiro atoms. The highest BCUT2D eigenvalue weighted by atomic mass is 19.1. The second-order valence-electron chi connectivity index (χ2n) is 9.64. The van der Waals surface area contributed by atoms with E-state index in [1.807, 2.05) is 39.0 Å². The van der Waals surface area contributed by atoms with Crippen LogP contribution < -0.4 is 10.3 Å². The molecule has 1 aliphatic heterocycles. The zero-order valence-corrected chi connectivity index (χ0v) is 20.2. The van der Waals surface area contributed by atoms with Gasteiger partial charge in [-0.3, -0.25) is 4.79 Å². The standard InChI is InChI=1S/C27H25FN4O4/c1-27(2,3)36-26(34)32-11-9-16-12-18(4-5-19(16)15-32)23-30-14-22(28)25(31-23)35-20-6-7-21-17(13-20)8-10-29-24(21)33/h4-8,10,12-14H,9,11,15H2,1-3H3,(H,29,33). The van der Waals surface area contributed by atoms with Crippen molar-refractivity contribution in [1.29, 1.82) is 0 Å². The SMILES string of the molecule is CC(C)(C)OC(=O)N1CCc2cc(-c3ncc(F)c(Oc4ccc5c(=O)[nH]ccc5c4)n3)ccc2C1. The summed E-state index contributed by atoms with van der Waals surface area (Å²) < 4.78 is 25.7. The van der Waals surface area contributed by atoms with Crippen LogP contribution in [0.2, 0.25) is 0 Å². The third kappa shape index (κ3) is 4.91.